The van der Waals surface area contributed by atoms with E-state index in [2.05, 4.69) is 32.0 Å². The molecule has 1 amide bonds. The Morgan fingerprint density at radius 1 is 1.38 bits per heavy atom. The van der Waals surface area contributed by atoms with E-state index in [1.165, 1.54) is 0 Å². The molecule has 3 heteroatoms. The number of halogens is 1. The summed E-state index contributed by atoms with van der Waals surface area (Å²) in [5.41, 5.74) is 1.91. The van der Waals surface area contributed by atoms with Crippen LogP contribution in [0, 0.1) is 17.7 Å². The number of hydrogen-bond donors (Lipinski definition) is 1. The van der Waals surface area contributed by atoms with Crippen molar-refractivity contribution >= 4 is 27.5 Å². The topological polar surface area (TPSA) is 29.1 Å². The molecule has 0 spiro atoms. The lowest BCUT2D eigenvalue weighted by molar-refractivity contribution is -0.111. The Kier molecular flexibility index (Phi) is 3.53. The first-order chi connectivity index (χ1) is 6.22. The number of carbonyl (C=O) groups excluding carboxylic acids is 1. The Hall–Kier alpha value is -1.27. The van der Waals surface area contributed by atoms with Gasteiger partial charge in [-0.2, -0.15) is 0 Å². The highest BCUT2D eigenvalue weighted by Gasteiger charge is 1.95. The second-order valence-corrected chi connectivity index (χ2v) is 2.94. The van der Waals surface area contributed by atoms with E-state index in [1.807, 2.05) is 31.2 Å². The van der Waals surface area contributed by atoms with Crippen molar-refractivity contribution in [3.05, 3.63) is 29.8 Å². The zero-order valence-electron chi connectivity index (χ0n) is 7.10. The number of rotatable bonds is 1. The maximum atomic E-state index is 11.0. The lowest BCUT2D eigenvalue weighted by atomic mass is 10.2. The van der Waals surface area contributed by atoms with Crippen LogP contribution in [0.1, 0.15) is 5.56 Å². The first-order valence-electron chi connectivity index (χ1n) is 3.71. The predicted molar refractivity (Wildman–Crippen MR) is 56.5 cm³/mol. The van der Waals surface area contributed by atoms with E-state index in [1.54, 1.807) is 0 Å². The number of carbonyl (C=O) groups is 1. The van der Waals surface area contributed by atoms with Gasteiger partial charge in [-0.05, 0) is 23.9 Å². The zero-order valence-corrected chi connectivity index (χ0v) is 8.68. The molecule has 0 aromatic heterocycles. The molecule has 0 aliphatic rings. The van der Waals surface area contributed by atoms with Crippen molar-refractivity contribution < 1.29 is 4.79 Å². The fourth-order valence-electron chi connectivity index (χ4n) is 0.842. The van der Waals surface area contributed by atoms with Crippen molar-refractivity contribution in [2.75, 3.05) is 5.32 Å². The molecule has 0 heterocycles. The second-order valence-electron chi connectivity index (χ2n) is 2.54. The van der Waals surface area contributed by atoms with Crippen LogP contribution in [0.4, 0.5) is 5.69 Å². The van der Waals surface area contributed by atoms with E-state index < -0.39 is 0 Å². The molecule has 0 radical (unpaired) electrons. The summed E-state index contributed by atoms with van der Waals surface area (Å²) in [5.74, 6) is 2.01. The van der Waals surface area contributed by atoms with Gasteiger partial charge in [-0.3, -0.25) is 4.79 Å². The van der Waals surface area contributed by atoms with Gasteiger partial charge in [0.15, 0.2) is 0 Å². The van der Waals surface area contributed by atoms with Gasteiger partial charge in [0.25, 0.3) is 0 Å². The number of hydrogen-bond acceptors (Lipinski definition) is 1. The van der Waals surface area contributed by atoms with Crippen molar-refractivity contribution in [2.45, 2.75) is 6.92 Å². The lowest BCUT2D eigenvalue weighted by Crippen LogP contribution is -2.07. The summed E-state index contributed by atoms with van der Waals surface area (Å²) in [6, 6.07) is 7.53. The van der Waals surface area contributed by atoms with E-state index in [0.717, 1.165) is 11.3 Å². The molecule has 66 valence electrons. The molecule has 0 aliphatic carbocycles. The van der Waals surface area contributed by atoms with Gasteiger partial charge in [-0.1, -0.05) is 17.7 Å². The van der Waals surface area contributed by atoms with Gasteiger partial charge >= 0.3 is 5.91 Å². The average Bonchev–Trinajstić information content (AvgIpc) is 2.09. The Morgan fingerprint density at radius 3 is 2.54 bits per heavy atom. The molecule has 0 saturated heterocycles. The summed E-state index contributed by atoms with van der Waals surface area (Å²) in [6.45, 7) is 1.99. The van der Waals surface area contributed by atoms with Crippen LogP contribution in [-0.2, 0) is 4.79 Å². The minimum absolute atomic E-state index is 0.319. The molecule has 0 unspecified atom stereocenters. The van der Waals surface area contributed by atoms with Gasteiger partial charge in [0.05, 0.1) is 0 Å². The second kappa shape index (κ2) is 4.68. The standard InChI is InChI=1S/C10H8BrNO/c1-8-2-4-9(5-3-8)12-10(13)6-7-11/h2-5H,1H3,(H,12,13). The number of amides is 1. The Morgan fingerprint density at radius 2 is 2.00 bits per heavy atom. The van der Waals surface area contributed by atoms with Crippen molar-refractivity contribution in [1.29, 1.82) is 0 Å². The Labute approximate surface area is 85.5 Å². The minimum atomic E-state index is -0.319. The highest BCUT2D eigenvalue weighted by molar-refractivity contribution is 9.12. The summed E-state index contributed by atoms with van der Waals surface area (Å²) in [6.07, 6.45) is 0. The van der Waals surface area contributed by atoms with E-state index in [0.29, 0.717) is 0 Å². The molecule has 1 aromatic carbocycles. The van der Waals surface area contributed by atoms with E-state index in [-0.39, 0.29) is 5.91 Å². The van der Waals surface area contributed by atoms with Crippen molar-refractivity contribution in [1.82, 2.24) is 0 Å². The van der Waals surface area contributed by atoms with Gasteiger partial charge in [-0.15, -0.1) is 0 Å². The normalized spacial score (nSPS) is 8.46. The molecule has 1 rings (SSSR count). The fourth-order valence-corrected chi connectivity index (χ4v) is 1.02. The monoisotopic (exact) mass is 237 g/mol. The van der Waals surface area contributed by atoms with Crippen LogP contribution < -0.4 is 5.32 Å². The smallest absolute Gasteiger partial charge is 0.301 e. The molecule has 2 nitrogen and oxygen atoms in total. The number of anilines is 1. The fraction of sp³-hybridized carbons (Fsp3) is 0.100. The molecule has 1 aromatic rings. The van der Waals surface area contributed by atoms with Crippen LogP contribution in [0.25, 0.3) is 0 Å². The van der Waals surface area contributed by atoms with Gasteiger partial charge in [0.2, 0.25) is 0 Å². The minimum Gasteiger partial charge on any atom is -0.315 e. The third-order valence-electron chi connectivity index (χ3n) is 1.47. The largest absolute Gasteiger partial charge is 0.315 e. The van der Waals surface area contributed by atoms with Gasteiger partial charge in [-0.25, -0.2) is 0 Å². The molecular formula is C10H8BrNO. The number of benzene rings is 1. The quantitative estimate of drug-likeness (QED) is 0.747. The number of aryl methyl sites for hydroxylation is 1. The van der Waals surface area contributed by atoms with Crippen LogP contribution in [0.5, 0.6) is 0 Å². The molecule has 0 aliphatic heterocycles. The Bertz CT molecular complexity index is 359. The average molecular weight is 238 g/mol. The van der Waals surface area contributed by atoms with Crippen LogP contribution >= 0.6 is 15.9 Å². The van der Waals surface area contributed by atoms with Crippen molar-refractivity contribution in [2.24, 2.45) is 0 Å². The summed E-state index contributed by atoms with van der Waals surface area (Å²) in [7, 11) is 0. The van der Waals surface area contributed by atoms with E-state index >= 15 is 0 Å². The summed E-state index contributed by atoms with van der Waals surface area (Å²) in [4.78, 5) is 13.3. The number of nitrogens with one attached hydrogen (secondary N) is 1. The van der Waals surface area contributed by atoms with E-state index in [9.17, 15) is 4.79 Å². The lowest BCUT2D eigenvalue weighted by Gasteiger charge is -1.99. The van der Waals surface area contributed by atoms with Crippen LogP contribution in [0.15, 0.2) is 24.3 Å². The third-order valence-corrected chi connectivity index (χ3v) is 1.67. The molecule has 0 atom stereocenters. The van der Waals surface area contributed by atoms with E-state index in [4.69, 9.17) is 0 Å². The zero-order chi connectivity index (χ0) is 9.68. The first-order valence-corrected chi connectivity index (χ1v) is 4.51. The summed E-state index contributed by atoms with van der Waals surface area (Å²) >= 11 is 2.85. The third kappa shape index (κ3) is 3.30. The Balaban J connectivity index is 2.68. The molecule has 1 N–H and O–H groups in total. The SMILES string of the molecule is Cc1ccc(NC(=O)C#CBr)cc1. The maximum absolute atomic E-state index is 11.0. The summed E-state index contributed by atoms with van der Waals surface area (Å²) < 4.78 is 0. The summed E-state index contributed by atoms with van der Waals surface area (Å²) in [5, 5.41) is 2.63. The molecule has 0 saturated carbocycles. The van der Waals surface area contributed by atoms with Gasteiger partial charge < -0.3 is 5.32 Å². The first kappa shape index (κ1) is 9.82. The highest BCUT2D eigenvalue weighted by Crippen LogP contribution is 2.07. The van der Waals surface area contributed by atoms with Crippen LogP contribution in [0.2, 0.25) is 0 Å². The van der Waals surface area contributed by atoms with Crippen molar-refractivity contribution in [3.8, 4) is 10.8 Å². The predicted octanol–water partition coefficient (Wildman–Crippen LogP) is 2.29. The molecule has 0 bridgehead atoms. The van der Waals surface area contributed by atoms with Crippen molar-refractivity contribution in [3.63, 3.8) is 0 Å². The van der Waals surface area contributed by atoms with Crippen LogP contribution in [-0.4, -0.2) is 5.91 Å². The van der Waals surface area contributed by atoms with Crippen LogP contribution in [0.3, 0.4) is 0 Å². The van der Waals surface area contributed by atoms with Gasteiger partial charge in [0.1, 0.15) is 0 Å². The maximum Gasteiger partial charge on any atom is 0.301 e. The van der Waals surface area contributed by atoms with Gasteiger partial charge in [0, 0.05) is 27.5 Å². The molecule has 13 heavy (non-hydrogen) atoms. The highest BCUT2D eigenvalue weighted by atomic mass is 79.9. The molecule has 0 fully saturated rings. The molecular weight excluding hydrogens is 230 g/mol.